The molecule has 6 N–H and O–H groups in total. The molecule has 7 atom stereocenters. The summed E-state index contributed by atoms with van der Waals surface area (Å²) in [6.45, 7) is 3.82. The van der Waals surface area contributed by atoms with Crippen molar-refractivity contribution in [3.05, 3.63) is 24.3 Å². The Morgan fingerprint density at radius 2 is 0.812 bits per heavy atom. The third kappa shape index (κ3) is 39.8. The highest BCUT2D eigenvalue weighted by atomic mass is 16.7. The highest BCUT2D eigenvalue weighted by Gasteiger charge is 2.44. The van der Waals surface area contributed by atoms with Gasteiger partial charge in [-0.3, -0.25) is 4.79 Å². The Balaban J connectivity index is 2.20. The predicted octanol–water partition coefficient (Wildman–Crippen LogP) is 15.0. The van der Waals surface area contributed by atoms with Crippen LogP contribution in [0.5, 0.6) is 0 Å². The first-order valence-corrected chi connectivity index (χ1v) is 30.1. The molecule has 0 aromatic rings. The van der Waals surface area contributed by atoms with Crippen LogP contribution in [0.3, 0.4) is 0 Å². The zero-order valence-electron chi connectivity index (χ0n) is 45.3. The molecule has 0 saturated carbocycles. The summed E-state index contributed by atoms with van der Waals surface area (Å²) >= 11 is 0. The van der Waals surface area contributed by atoms with E-state index in [1.165, 1.54) is 238 Å². The van der Waals surface area contributed by atoms with Gasteiger partial charge in [0.1, 0.15) is 24.4 Å². The van der Waals surface area contributed by atoms with Crippen LogP contribution < -0.4 is 5.32 Å². The van der Waals surface area contributed by atoms with Gasteiger partial charge in [0.2, 0.25) is 5.91 Å². The molecule has 0 radical (unpaired) electrons. The first kappa shape index (κ1) is 65.7. The molecule has 9 heteroatoms. The van der Waals surface area contributed by atoms with Crippen LogP contribution in [0.2, 0.25) is 0 Å². The summed E-state index contributed by atoms with van der Waals surface area (Å²) in [4.78, 5) is 13.1. The molecule has 7 unspecified atom stereocenters. The van der Waals surface area contributed by atoms with Crippen molar-refractivity contribution in [3.8, 4) is 0 Å². The van der Waals surface area contributed by atoms with E-state index < -0.39 is 49.5 Å². The number of hydrogen-bond acceptors (Lipinski definition) is 8. The fraction of sp³-hybridized carbons (Fsp3) is 0.917. The first-order valence-electron chi connectivity index (χ1n) is 30.1. The lowest BCUT2D eigenvalue weighted by Crippen LogP contribution is -2.60. The van der Waals surface area contributed by atoms with Crippen LogP contribution in [0.25, 0.3) is 0 Å². The van der Waals surface area contributed by atoms with Gasteiger partial charge in [-0.1, -0.05) is 269 Å². The molecule has 1 fully saturated rings. The van der Waals surface area contributed by atoms with Crippen LogP contribution in [0.1, 0.15) is 296 Å². The van der Waals surface area contributed by atoms with Gasteiger partial charge in [-0.05, 0) is 44.9 Å². The number of amides is 1. The zero-order valence-corrected chi connectivity index (χ0v) is 45.3. The molecule has 1 aliphatic heterocycles. The largest absolute Gasteiger partial charge is 0.394 e. The van der Waals surface area contributed by atoms with E-state index in [0.717, 1.165) is 38.5 Å². The number of nitrogens with one attached hydrogen (secondary N) is 1. The lowest BCUT2D eigenvalue weighted by molar-refractivity contribution is -0.302. The molecular formula is C60H115NO8. The van der Waals surface area contributed by atoms with Crippen molar-refractivity contribution in [2.45, 2.75) is 339 Å². The average Bonchev–Trinajstić information content (AvgIpc) is 3.35. The van der Waals surface area contributed by atoms with E-state index in [-0.39, 0.29) is 12.5 Å². The number of aliphatic hydroxyl groups is 5. The van der Waals surface area contributed by atoms with E-state index in [0.29, 0.717) is 6.42 Å². The van der Waals surface area contributed by atoms with Gasteiger partial charge in [0.05, 0.1) is 25.4 Å². The number of allylic oxidation sites excluding steroid dienone is 3. The van der Waals surface area contributed by atoms with Gasteiger partial charge in [-0.25, -0.2) is 0 Å². The third-order valence-corrected chi connectivity index (χ3v) is 14.5. The fourth-order valence-electron chi connectivity index (χ4n) is 9.74. The summed E-state index contributed by atoms with van der Waals surface area (Å²) < 4.78 is 11.3. The number of rotatable bonds is 52. The number of ether oxygens (including phenoxy) is 2. The number of carbonyl (C=O) groups excluding carboxylic acids is 1. The van der Waals surface area contributed by atoms with Crippen LogP contribution >= 0.6 is 0 Å². The van der Waals surface area contributed by atoms with Gasteiger partial charge in [0, 0.05) is 6.42 Å². The Morgan fingerprint density at radius 1 is 0.478 bits per heavy atom. The molecule has 0 aliphatic carbocycles. The van der Waals surface area contributed by atoms with Crippen LogP contribution in [0.15, 0.2) is 24.3 Å². The lowest BCUT2D eigenvalue weighted by Gasteiger charge is -2.40. The van der Waals surface area contributed by atoms with Crippen molar-refractivity contribution in [2.75, 3.05) is 13.2 Å². The van der Waals surface area contributed by atoms with Crippen molar-refractivity contribution in [1.29, 1.82) is 0 Å². The molecule has 0 spiro atoms. The highest BCUT2D eigenvalue weighted by Crippen LogP contribution is 2.23. The van der Waals surface area contributed by atoms with E-state index in [9.17, 15) is 30.3 Å². The van der Waals surface area contributed by atoms with Crippen molar-refractivity contribution in [2.24, 2.45) is 0 Å². The molecule has 9 nitrogen and oxygen atoms in total. The standard InChI is InChI=1S/C60H115NO8/c1-3-5-7-9-11-13-15-17-19-21-23-25-26-27-28-30-32-34-36-38-40-42-44-46-48-50-56(64)61-53(52-68-60-59(67)58(66)57(65)55(51-62)69-60)54(63)49-47-45-43-41-39-37-35-33-31-29-24-22-20-18-16-14-12-10-8-6-4-2/h21,23,47,49,53-55,57-60,62-63,65-67H,3-20,22,24-46,48,50-52H2,1-2H3,(H,61,64)/b23-21-,49-47+. The van der Waals surface area contributed by atoms with Gasteiger partial charge in [-0.2, -0.15) is 0 Å². The summed E-state index contributed by atoms with van der Waals surface area (Å²) in [5, 5.41) is 54.6. The summed E-state index contributed by atoms with van der Waals surface area (Å²) in [6.07, 6.45) is 56.7. The highest BCUT2D eigenvalue weighted by molar-refractivity contribution is 5.76. The maximum absolute atomic E-state index is 13.1. The topological polar surface area (TPSA) is 149 Å². The third-order valence-electron chi connectivity index (χ3n) is 14.5. The van der Waals surface area contributed by atoms with Crippen LogP contribution in [-0.4, -0.2) is 87.5 Å². The maximum Gasteiger partial charge on any atom is 0.220 e. The van der Waals surface area contributed by atoms with Gasteiger partial charge in [0.15, 0.2) is 6.29 Å². The van der Waals surface area contributed by atoms with Crippen molar-refractivity contribution < 1.29 is 39.8 Å². The molecule has 1 rings (SSSR count). The van der Waals surface area contributed by atoms with Crippen molar-refractivity contribution in [3.63, 3.8) is 0 Å². The summed E-state index contributed by atoms with van der Waals surface area (Å²) in [5.41, 5.74) is 0. The summed E-state index contributed by atoms with van der Waals surface area (Å²) in [5.74, 6) is -0.172. The lowest BCUT2D eigenvalue weighted by atomic mass is 9.99. The van der Waals surface area contributed by atoms with Gasteiger partial charge >= 0.3 is 0 Å². The molecule has 1 saturated heterocycles. The van der Waals surface area contributed by atoms with Crippen molar-refractivity contribution in [1.82, 2.24) is 5.32 Å². The molecule has 0 aromatic carbocycles. The molecular weight excluding hydrogens is 863 g/mol. The predicted molar refractivity (Wildman–Crippen MR) is 290 cm³/mol. The Kier molecular flexibility index (Phi) is 47.8. The smallest absolute Gasteiger partial charge is 0.220 e. The van der Waals surface area contributed by atoms with Crippen LogP contribution in [0.4, 0.5) is 0 Å². The van der Waals surface area contributed by atoms with Crippen LogP contribution in [-0.2, 0) is 14.3 Å². The van der Waals surface area contributed by atoms with E-state index in [1.807, 2.05) is 6.08 Å². The molecule has 1 aliphatic rings. The Bertz CT molecular complexity index is 1130. The minimum atomic E-state index is -1.57. The Labute approximate surface area is 426 Å². The van der Waals surface area contributed by atoms with Crippen molar-refractivity contribution >= 4 is 5.91 Å². The second-order valence-electron chi connectivity index (χ2n) is 21.1. The summed E-state index contributed by atoms with van der Waals surface area (Å²) in [6, 6.07) is -0.803. The quantitative estimate of drug-likeness (QED) is 0.0261. The fourth-order valence-corrected chi connectivity index (χ4v) is 9.74. The molecule has 1 amide bonds. The van der Waals surface area contributed by atoms with E-state index in [4.69, 9.17) is 9.47 Å². The number of carbonyl (C=O) groups is 1. The molecule has 0 bridgehead atoms. The van der Waals surface area contributed by atoms with E-state index in [2.05, 4.69) is 31.3 Å². The minimum absolute atomic E-state index is 0.172. The number of unbranched alkanes of at least 4 members (excludes halogenated alkanes) is 40. The van der Waals surface area contributed by atoms with Crippen LogP contribution in [0, 0.1) is 0 Å². The maximum atomic E-state index is 13.1. The summed E-state index contributed by atoms with van der Waals surface area (Å²) in [7, 11) is 0. The van der Waals surface area contributed by atoms with Gasteiger partial charge in [0.25, 0.3) is 0 Å². The van der Waals surface area contributed by atoms with Gasteiger partial charge in [-0.15, -0.1) is 0 Å². The second kappa shape index (κ2) is 50.2. The second-order valence-corrected chi connectivity index (χ2v) is 21.1. The Morgan fingerprint density at radius 3 is 1.17 bits per heavy atom. The van der Waals surface area contributed by atoms with E-state index in [1.54, 1.807) is 6.08 Å². The Hall–Kier alpha value is -1.33. The molecule has 408 valence electrons. The van der Waals surface area contributed by atoms with Gasteiger partial charge < -0.3 is 40.3 Å². The number of hydrogen-bond donors (Lipinski definition) is 6. The minimum Gasteiger partial charge on any atom is -0.394 e. The molecule has 0 aromatic heterocycles. The number of aliphatic hydroxyl groups excluding tert-OH is 5. The molecule has 1 heterocycles. The molecule has 69 heavy (non-hydrogen) atoms. The zero-order chi connectivity index (χ0) is 50.1. The average molecular weight is 979 g/mol. The SMILES string of the molecule is CCCCCCCCCC/C=C\CCCCCCCCCCCCCCCC(=O)NC(COC1OC(CO)C(O)C(O)C1O)C(O)/C=C/CCCCCCCCCCCCCCCCCCCCC. The normalized spacial score (nSPS) is 19.6. The monoisotopic (exact) mass is 978 g/mol. The first-order chi connectivity index (χ1) is 33.8. The van der Waals surface area contributed by atoms with E-state index >= 15 is 0 Å².